The van der Waals surface area contributed by atoms with Gasteiger partial charge in [0.1, 0.15) is 17.8 Å². The Morgan fingerprint density at radius 2 is 1.55 bits per heavy atom. The van der Waals surface area contributed by atoms with Crippen molar-refractivity contribution in [3.8, 4) is 0 Å². The molecule has 3 heterocycles. The van der Waals surface area contributed by atoms with Crippen LogP contribution in [0, 0.1) is 23.7 Å². The van der Waals surface area contributed by atoms with E-state index < -0.39 is 95.5 Å². The molecule has 1 saturated heterocycles. The number of hydrogen-bond acceptors (Lipinski definition) is 10. The first kappa shape index (κ1) is 50.7. The summed E-state index contributed by atoms with van der Waals surface area (Å²) in [6, 6.07) is 12.7. The number of carbonyl (C=O) groups is 7. The topological polar surface area (TPSA) is 185 Å². The Hall–Kier alpha value is -5.93. The summed E-state index contributed by atoms with van der Waals surface area (Å²) in [6.07, 6.45) is 1.97. The molecular formula is C48H62F2N6O8. The molecule has 346 valence electrons. The van der Waals surface area contributed by atoms with Gasteiger partial charge in [0.15, 0.2) is 11.6 Å². The molecule has 0 aliphatic carbocycles. The van der Waals surface area contributed by atoms with Crippen molar-refractivity contribution in [1.82, 2.24) is 30.4 Å². The van der Waals surface area contributed by atoms with Gasteiger partial charge in [0.05, 0.1) is 24.8 Å². The highest BCUT2D eigenvalue weighted by Crippen LogP contribution is 2.32. The number of fused-ring (bicyclic) bond motifs is 1. The number of alkyl halides is 2. The van der Waals surface area contributed by atoms with Crippen LogP contribution in [0.3, 0.4) is 0 Å². The number of benzene rings is 2. The fourth-order valence-electron chi connectivity index (χ4n) is 8.17. The van der Waals surface area contributed by atoms with Gasteiger partial charge in [0.2, 0.25) is 17.6 Å². The number of hydrogen-bond donors (Lipinski definition) is 2. The predicted octanol–water partition coefficient (Wildman–Crippen LogP) is 6.72. The Labute approximate surface area is 374 Å². The highest BCUT2D eigenvalue weighted by molar-refractivity contribution is 6.09. The van der Waals surface area contributed by atoms with E-state index in [1.807, 2.05) is 24.3 Å². The van der Waals surface area contributed by atoms with Crippen molar-refractivity contribution in [3.63, 3.8) is 0 Å². The molecule has 0 unspecified atom stereocenters. The number of halogens is 2. The Kier molecular flexibility index (Phi) is 17.9. The number of aromatic nitrogens is 2. The van der Waals surface area contributed by atoms with Crippen LogP contribution in [-0.4, -0.2) is 98.1 Å². The molecule has 3 aromatic rings. The van der Waals surface area contributed by atoms with Crippen molar-refractivity contribution in [3.05, 3.63) is 95.6 Å². The molecule has 0 radical (unpaired) electrons. The normalized spacial score (nSPS) is 17.9. The molecule has 0 bridgehead atoms. The third-order valence-electron chi connectivity index (χ3n) is 11.9. The number of nitrogens with zero attached hydrogens (tertiary/aromatic N) is 4. The van der Waals surface area contributed by atoms with Crippen molar-refractivity contribution < 1.29 is 47.1 Å². The van der Waals surface area contributed by atoms with E-state index in [-0.39, 0.29) is 57.8 Å². The summed E-state index contributed by atoms with van der Waals surface area (Å²) in [6.45, 7) is 10.5. The van der Waals surface area contributed by atoms with E-state index in [2.05, 4.69) is 20.6 Å². The molecule has 6 atom stereocenters. The SMILES string of the molecule is C.CCC[C@H](CC(=O)[C@@H]1C[C@@H](OC(=O)N2CCc3ccccc3C2)CN1C(=O)[C@@H](NC(=O)[C@@H](CC(=O)c1cnccn1)C(C)C)C(C)C)C(=O)C(F)(F)C(=O)N[C@@H](C)c1ccccc1. The van der Waals surface area contributed by atoms with Crippen LogP contribution in [0.25, 0.3) is 0 Å². The number of nitrogens with one attached hydrogen (secondary N) is 2. The molecule has 16 heteroatoms. The molecule has 5 rings (SSSR count). The highest BCUT2D eigenvalue weighted by Gasteiger charge is 2.52. The molecule has 2 aromatic carbocycles. The number of likely N-dealkylation sites (tertiary alicyclic amines) is 1. The van der Waals surface area contributed by atoms with Crippen molar-refractivity contribution in [2.75, 3.05) is 13.1 Å². The first-order valence-electron chi connectivity index (χ1n) is 21.7. The molecule has 14 nitrogen and oxygen atoms in total. The number of ketones is 3. The van der Waals surface area contributed by atoms with Gasteiger partial charge in [-0.3, -0.25) is 33.8 Å². The maximum absolute atomic E-state index is 15.7. The third-order valence-corrected chi connectivity index (χ3v) is 11.9. The molecular weight excluding hydrogens is 827 g/mol. The maximum Gasteiger partial charge on any atom is 0.410 e. The summed E-state index contributed by atoms with van der Waals surface area (Å²) in [5.41, 5.74) is 2.69. The monoisotopic (exact) mass is 888 g/mol. The lowest BCUT2D eigenvalue weighted by atomic mass is 9.87. The zero-order chi connectivity index (χ0) is 46.0. The summed E-state index contributed by atoms with van der Waals surface area (Å²) in [5.74, 6) is -13.8. The highest BCUT2D eigenvalue weighted by atomic mass is 19.3. The van der Waals surface area contributed by atoms with Gasteiger partial charge < -0.3 is 25.2 Å². The summed E-state index contributed by atoms with van der Waals surface area (Å²) in [5, 5.41) is 5.02. The van der Waals surface area contributed by atoms with Crippen LogP contribution in [-0.2, 0) is 41.7 Å². The maximum atomic E-state index is 15.7. The Bertz CT molecular complexity index is 2120. The summed E-state index contributed by atoms with van der Waals surface area (Å²) in [7, 11) is 0. The van der Waals surface area contributed by atoms with E-state index in [9.17, 15) is 33.6 Å². The Morgan fingerprint density at radius 3 is 2.17 bits per heavy atom. The van der Waals surface area contributed by atoms with Crippen LogP contribution in [0.4, 0.5) is 13.6 Å². The second kappa shape index (κ2) is 22.6. The zero-order valence-electron chi connectivity index (χ0n) is 36.7. The molecule has 0 spiro atoms. The number of Topliss-reactive ketones (excluding diaryl/α,β-unsaturated/α-hetero) is 3. The first-order chi connectivity index (χ1) is 29.9. The second-order valence-corrected chi connectivity index (χ2v) is 17.2. The van der Waals surface area contributed by atoms with Crippen molar-refractivity contribution in [2.24, 2.45) is 23.7 Å². The minimum Gasteiger partial charge on any atom is -0.444 e. The molecule has 1 fully saturated rings. The quantitative estimate of drug-likeness (QED) is 0.0968. The van der Waals surface area contributed by atoms with Crippen LogP contribution in [0.15, 0.2) is 73.2 Å². The van der Waals surface area contributed by atoms with Gasteiger partial charge in [0.25, 0.3) is 5.91 Å². The van der Waals surface area contributed by atoms with E-state index in [1.165, 1.54) is 35.3 Å². The summed E-state index contributed by atoms with van der Waals surface area (Å²) >= 11 is 0. The molecule has 64 heavy (non-hydrogen) atoms. The summed E-state index contributed by atoms with van der Waals surface area (Å²) in [4.78, 5) is 107. The van der Waals surface area contributed by atoms with Crippen LogP contribution in [0.5, 0.6) is 0 Å². The first-order valence-corrected chi connectivity index (χ1v) is 21.7. The van der Waals surface area contributed by atoms with Gasteiger partial charge in [-0.25, -0.2) is 9.78 Å². The largest absolute Gasteiger partial charge is 0.444 e. The minimum atomic E-state index is -4.48. The van der Waals surface area contributed by atoms with E-state index in [1.54, 1.807) is 65.0 Å². The standard InChI is InChI=1S/C47H58F2N6O8.CH4/c1-7-13-33(42(58)47(48,49)45(61)52-30(6)31-14-9-8-10-15-31)22-40(57)38-23-35(63-46(62)54-21-18-32-16-11-12-17-34(32)26-54)27-55(38)44(60)41(29(4)5)53-43(59)36(28(2)3)24-39(56)37-25-50-19-20-51-37;/h8-12,14-17,19-20,25,28-30,33,35-36,38,41H,7,13,18,21-24,26-27H2,1-6H3,(H,52,61)(H,53,59);1H4/t30-,33+,35+,36-,38-,41-;/m0./s1. The Balaban J connectivity index is 0.00000898. The molecule has 2 aliphatic heterocycles. The number of carbonyl (C=O) groups excluding carboxylic acids is 7. The molecule has 4 amide bonds. The zero-order valence-corrected chi connectivity index (χ0v) is 36.7. The van der Waals surface area contributed by atoms with Crippen molar-refractivity contribution in [2.45, 2.75) is 124 Å². The minimum absolute atomic E-state index is 0. The molecule has 2 aliphatic rings. The van der Waals surface area contributed by atoms with Gasteiger partial charge in [-0.15, -0.1) is 0 Å². The number of ether oxygens (including phenoxy) is 1. The molecule has 0 saturated carbocycles. The number of amides is 4. The summed E-state index contributed by atoms with van der Waals surface area (Å²) < 4.78 is 37.4. The van der Waals surface area contributed by atoms with E-state index in [0.717, 1.165) is 11.1 Å². The smallest absolute Gasteiger partial charge is 0.410 e. The average molecular weight is 889 g/mol. The fourth-order valence-corrected chi connectivity index (χ4v) is 8.17. The molecule has 1 aromatic heterocycles. The van der Waals surface area contributed by atoms with E-state index in [0.29, 0.717) is 18.5 Å². The van der Waals surface area contributed by atoms with Gasteiger partial charge in [-0.2, -0.15) is 8.78 Å². The average Bonchev–Trinajstić information content (AvgIpc) is 3.70. The van der Waals surface area contributed by atoms with Crippen molar-refractivity contribution >= 4 is 41.2 Å². The van der Waals surface area contributed by atoms with Crippen LogP contribution in [0.2, 0.25) is 0 Å². The third kappa shape index (κ3) is 12.4. The molecule has 2 N–H and O–H groups in total. The Morgan fingerprint density at radius 1 is 0.875 bits per heavy atom. The van der Waals surface area contributed by atoms with Crippen LogP contribution in [0.1, 0.15) is 114 Å². The predicted molar refractivity (Wildman–Crippen MR) is 235 cm³/mol. The van der Waals surface area contributed by atoms with E-state index >= 15 is 8.78 Å². The van der Waals surface area contributed by atoms with Gasteiger partial charge in [0, 0.05) is 56.6 Å². The number of rotatable bonds is 19. The van der Waals surface area contributed by atoms with Crippen LogP contribution >= 0.6 is 0 Å². The van der Waals surface area contributed by atoms with E-state index in [4.69, 9.17) is 4.74 Å². The van der Waals surface area contributed by atoms with Gasteiger partial charge >= 0.3 is 12.0 Å². The second-order valence-electron chi connectivity index (χ2n) is 17.2. The van der Waals surface area contributed by atoms with Gasteiger partial charge in [-0.1, -0.05) is 103 Å². The lowest BCUT2D eigenvalue weighted by Gasteiger charge is -2.32. The van der Waals surface area contributed by atoms with Crippen molar-refractivity contribution in [1.29, 1.82) is 0 Å². The van der Waals surface area contributed by atoms with Crippen LogP contribution < -0.4 is 10.6 Å². The lowest BCUT2D eigenvalue weighted by molar-refractivity contribution is -0.162. The fraction of sp³-hybridized carbons (Fsp3) is 0.521. The lowest BCUT2D eigenvalue weighted by Crippen LogP contribution is -2.55. The van der Waals surface area contributed by atoms with Gasteiger partial charge in [-0.05, 0) is 48.3 Å².